The summed E-state index contributed by atoms with van der Waals surface area (Å²) in [6.45, 7) is 4.62. The molecular formula is C8H14N2O3. The summed E-state index contributed by atoms with van der Waals surface area (Å²) in [6, 6.07) is -0.851. The molecule has 0 aliphatic heterocycles. The number of amides is 2. The fourth-order valence-corrected chi connectivity index (χ4v) is 0.811. The zero-order valence-corrected chi connectivity index (χ0v) is 7.49. The predicted molar refractivity (Wildman–Crippen MR) is 47.6 cm³/mol. The molecule has 74 valence electrons. The Morgan fingerprint density at radius 2 is 2.23 bits per heavy atom. The van der Waals surface area contributed by atoms with Crippen LogP contribution in [0, 0.1) is 5.92 Å². The van der Waals surface area contributed by atoms with Gasteiger partial charge in [-0.1, -0.05) is 13.5 Å². The van der Waals surface area contributed by atoms with Crippen LogP contribution in [0.3, 0.4) is 0 Å². The lowest BCUT2D eigenvalue weighted by Gasteiger charge is -2.19. The van der Waals surface area contributed by atoms with Crippen molar-refractivity contribution < 1.29 is 14.7 Å². The van der Waals surface area contributed by atoms with Crippen molar-refractivity contribution in [3.63, 3.8) is 0 Å². The van der Waals surface area contributed by atoms with Gasteiger partial charge < -0.3 is 16.2 Å². The Morgan fingerprint density at radius 1 is 1.69 bits per heavy atom. The minimum absolute atomic E-state index is 0.217. The number of hydrogen-bond donors (Lipinski definition) is 3. The minimum Gasteiger partial charge on any atom is -0.396 e. The Morgan fingerprint density at radius 3 is 2.54 bits per heavy atom. The first-order valence-electron chi connectivity index (χ1n) is 3.86. The van der Waals surface area contributed by atoms with Crippen molar-refractivity contribution >= 4 is 11.8 Å². The largest absolute Gasteiger partial charge is 0.396 e. The molecule has 0 aliphatic rings. The molecule has 0 rings (SSSR count). The van der Waals surface area contributed by atoms with Gasteiger partial charge in [0, 0.05) is 12.5 Å². The van der Waals surface area contributed by atoms with Crippen LogP contribution < -0.4 is 11.1 Å². The number of primary amides is 1. The second-order valence-electron chi connectivity index (χ2n) is 2.75. The summed E-state index contributed by atoms with van der Waals surface area (Å²) < 4.78 is 0. The molecule has 0 aromatic rings. The average molecular weight is 186 g/mol. The Kier molecular flexibility index (Phi) is 4.76. The van der Waals surface area contributed by atoms with Crippen LogP contribution in [0.15, 0.2) is 12.7 Å². The lowest BCUT2D eigenvalue weighted by molar-refractivity contribution is -0.126. The van der Waals surface area contributed by atoms with E-state index in [4.69, 9.17) is 10.8 Å². The molecule has 0 saturated carbocycles. The molecule has 2 amide bonds. The third-order valence-electron chi connectivity index (χ3n) is 1.65. The van der Waals surface area contributed by atoms with Crippen LogP contribution in [0.5, 0.6) is 0 Å². The number of hydrogen-bond acceptors (Lipinski definition) is 3. The van der Waals surface area contributed by atoms with Crippen molar-refractivity contribution in [3.05, 3.63) is 12.7 Å². The maximum absolute atomic E-state index is 10.8. The maximum Gasteiger partial charge on any atom is 0.244 e. The smallest absolute Gasteiger partial charge is 0.244 e. The third-order valence-corrected chi connectivity index (χ3v) is 1.65. The highest BCUT2D eigenvalue weighted by Gasteiger charge is 2.22. The first-order valence-corrected chi connectivity index (χ1v) is 3.86. The fourth-order valence-electron chi connectivity index (χ4n) is 0.811. The van der Waals surface area contributed by atoms with Gasteiger partial charge in [-0.2, -0.15) is 0 Å². The molecule has 0 aromatic heterocycles. The van der Waals surface area contributed by atoms with Crippen molar-refractivity contribution in [1.29, 1.82) is 0 Å². The molecule has 0 saturated heterocycles. The molecule has 0 radical (unpaired) electrons. The van der Waals surface area contributed by atoms with E-state index in [2.05, 4.69) is 11.9 Å². The fraction of sp³-hybridized carbons (Fsp3) is 0.500. The summed E-state index contributed by atoms with van der Waals surface area (Å²) in [7, 11) is 0. The molecule has 0 bridgehead atoms. The van der Waals surface area contributed by atoms with Gasteiger partial charge in [0.1, 0.15) is 6.04 Å². The molecule has 0 aromatic carbocycles. The van der Waals surface area contributed by atoms with E-state index in [-0.39, 0.29) is 6.61 Å². The number of aliphatic hydroxyl groups excluding tert-OH is 1. The van der Waals surface area contributed by atoms with Crippen LogP contribution in [-0.4, -0.2) is 29.6 Å². The second-order valence-corrected chi connectivity index (χ2v) is 2.75. The van der Waals surface area contributed by atoms with E-state index in [0.717, 1.165) is 6.08 Å². The Balaban J connectivity index is 4.34. The van der Waals surface area contributed by atoms with Gasteiger partial charge in [-0.05, 0) is 6.08 Å². The summed E-state index contributed by atoms with van der Waals surface area (Å²) in [6.07, 6.45) is 1.04. The summed E-state index contributed by atoms with van der Waals surface area (Å²) >= 11 is 0. The van der Waals surface area contributed by atoms with Gasteiger partial charge in [0.2, 0.25) is 11.8 Å². The van der Waals surface area contributed by atoms with Gasteiger partial charge in [0.25, 0.3) is 0 Å². The number of rotatable bonds is 5. The number of carbonyl (C=O) groups is 2. The van der Waals surface area contributed by atoms with Crippen molar-refractivity contribution in [3.8, 4) is 0 Å². The topological polar surface area (TPSA) is 92.4 Å². The molecule has 0 heterocycles. The molecule has 0 spiro atoms. The van der Waals surface area contributed by atoms with E-state index < -0.39 is 23.8 Å². The SMILES string of the molecule is C=CC(=O)NC(C(N)=O)C(C)CO. The first kappa shape index (κ1) is 11.6. The molecule has 5 heteroatoms. The van der Waals surface area contributed by atoms with E-state index in [1.165, 1.54) is 0 Å². The van der Waals surface area contributed by atoms with E-state index >= 15 is 0 Å². The van der Waals surface area contributed by atoms with Gasteiger partial charge in [-0.25, -0.2) is 0 Å². The van der Waals surface area contributed by atoms with Crippen LogP contribution >= 0.6 is 0 Å². The molecule has 2 unspecified atom stereocenters. The van der Waals surface area contributed by atoms with Gasteiger partial charge in [0.05, 0.1) is 0 Å². The zero-order chi connectivity index (χ0) is 10.4. The third kappa shape index (κ3) is 3.71. The highest BCUT2D eigenvalue weighted by Crippen LogP contribution is 2.00. The van der Waals surface area contributed by atoms with E-state index in [9.17, 15) is 9.59 Å². The average Bonchev–Trinajstić information content (AvgIpc) is 2.11. The Bertz CT molecular complexity index is 215. The zero-order valence-electron chi connectivity index (χ0n) is 7.49. The normalized spacial score (nSPS) is 14.3. The molecule has 0 fully saturated rings. The molecule has 4 N–H and O–H groups in total. The van der Waals surface area contributed by atoms with Gasteiger partial charge in [-0.15, -0.1) is 0 Å². The van der Waals surface area contributed by atoms with Crippen LogP contribution in [0.4, 0.5) is 0 Å². The number of nitrogens with one attached hydrogen (secondary N) is 1. The molecule has 2 atom stereocenters. The molecule has 0 aliphatic carbocycles. The quantitative estimate of drug-likeness (QED) is 0.469. The van der Waals surface area contributed by atoms with Gasteiger partial charge in [0.15, 0.2) is 0 Å². The maximum atomic E-state index is 10.8. The number of carbonyl (C=O) groups excluding carboxylic acids is 2. The Labute approximate surface area is 76.6 Å². The summed E-state index contributed by atoms with van der Waals surface area (Å²) in [5.74, 6) is -1.55. The van der Waals surface area contributed by atoms with E-state index in [0.29, 0.717) is 0 Å². The highest BCUT2D eigenvalue weighted by molar-refractivity contribution is 5.92. The van der Waals surface area contributed by atoms with Crippen molar-refractivity contribution in [1.82, 2.24) is 5.32 Å². The van der Waals surface area contributed by atoms with Crippen LogP contribution in [-0.2, 0) is 9.59 Å². The number of aliphatic hydroxyl groups is 1. The second kappa shape index (κ2) is 5.31. The van der Waals surface area contributed by atoms with Gasteiger partial charge >= 0.3 is 0 Å². The molecule has 5 nitrogen and oxygen atoms in total. The molecular weight excluding hydrogens is 172 g/mol. The summed E-state index contributed by atoms with van der Waals surface area (Å²) in [5, 5.41) is 11.1. The minimum atomic E-state index is -0.851. The Hall–Kier alpha value is -1.36. The van der Waals surface area contributed by atoms with Gasteiger partial charge in [-0.3, -0.25) is 9.59 Å². The predicted octanol–water partition coefficient (Wildman–Crippen LogP) is -1.23. The van der Waals surface area contributed by atoms with Crippen LogP contribution in [0.25, 0.3) is 0 Å². The highest BCUT2D eigenvalue weighted by atomic mass is 16.3. The summed E-state index contributed by atoms with van der Waals surface area (Å²) in [4.78, 5) is 21.6. The standard InChI is InChI=1S/C8H14N2O3/c1-3-6(12)10-7(8(9)13)5(2)4-11/h3,5,7,11H,1,4H2,2H3,(H2,9,13)(H,10,12). The monoisotopic (exact) mass is 186 g/mol. The van der Waals surface area contributed by atoms with Crippen LogP contribution in [0.2, 0.25) is 0 Å². The lowest BCUT2D eigenvalue weighted by atomic mass is 10.0. The lowest BCUT2D eigenvalue weighted by Crippen LogP contribution is -2.48. The summed E-state index contributed by atoms with van der Waals surface area (Å²) in [5.41, 5.74) is 5.02. The molecule has 13 heavy (non-hydrogen) atoms. The van der Waals surface area contributed by atoms with E-state index in [1.807, 2.05) is 0 Å². The van der Waals surface area contributed by atoms with Crippen molar-refractivity contribution in [2.45, 2.75) is 13.0 Å². The van der Waals surface area contributed by atoms with Crippen molar-refractivity contribution in [2.75, 3.05) is 6.61 Å². The van der Waals surface area contributed by atoms with Crippen molar-refractivity contribution in [2.24, 2.45) is 11.7 Å². The van der Waals surface area contributed by atoms with E-state index in [1.54, 1.807) is 6.92 Å². The van der Waals surface area contributed by atoms with Crippen LogP contribution in [0.1, 0.15) is 6.92 Å². The first-order chi connectivity index (χ1) is 6.02. The number of nitrogens with two attached hydrogens (primary N) is 1.